The number of nitrogens with two attached hydrogens (primary N) is 1. The first kappa shape index (κ1) is 44.8. The van der Waals surface area contributed by atoms with Crippen LogP contribution in [0.1, 0.15) is 6.42 Å². The summed E-state index contributed by atoms with van der Waals surface area (Å²) in [6, 6.07) is 0. The van der Waals surface area contributed by atoms with Crippen molar-refractivity contribution < 1.29 is 80.2 Å². The molecule has 0 amide bonds. The molecule has 9 atom stereocenters. The van der Waals surface area contributed by atoms with Gasteiger partial charge in [0.05, 0.1) is 0 Å². The van der Waals surface area contributed by atoms with Crippen molar-refractivity contribution in [2.24, 2.45) is 5.73 Å². The van der Waals surface area contributed by atoms with E-state index in [2.05, 4.69) is 0 Å². The molecule has 19 nitrogen and oxygen atoms in total. The summed E-state index contributed by atoms with van der Waals surface area (Å²) in [6.07, 6.45) is -0.562. The largest absolute Gasteiger partial charge is 0.489 e. The van der Waals surface area contributed by atoms with Gasteiger partial charge < -0.3 is 85.9 Å². The quantitative estimate of drug-likeness (QED) is 0.0428. The fraction of sp³-hybridized carbons (Fsp3) is 1.00. The van der Waals surface area contributed by atoms with Gasteiger partial charge in [-0.3, -0.25) is 0 Å². The van der Waals surface area contributed by atoms with Crippen molar-refractivity contribution in [1.29, 1.82) is 0 Å². The summed E-state index contributed by atoms with van der Waals surface area (Å²) in [7, 11) is -46.4. The lowest BCUT2D eigenvalue weighted by Crippen LogP contribution is -2.85. The monoisotopic (exact) mass is 833 g/mol. The fourth-order valence-electron chi connectivity index (χ4n) is 4.41. The molecule has 31 heteroatoms. The lowest BCUT2D eigenvalue weighted by atomic mass is 10.5. The molecule has 0 aliphatic carbocycles. The minimum absolute atomic E-state index is 0.404. The molecule has 0 aliphatic heterocycles. The molecule has 0 heterocycles. The van der Waals surface area contributed by atoms with Crippen molar-refractivity contribution in [3.05, 3.63) is 0 Å². The number of rotatable bonds is 23. The summed E-state index contributed by atoms with van der Waals surface area (Å²) in [6.45, 7) is 11.2. The van der Waals surface area contributed by atoms with Crippen molar-refractivity contribution in [1.82, 2.24) is 0 Å². The molecule has 0 fully saturated rings. The summed E-state index contributed by atoms with van der Waals surface area (Å²) < 4.78 is 52.8. The van der Waals surface area contributed by atoms with Gasteiger partial charge in [0.25, 0.3) is 0 Å². The van der Waals surface area contributed by atoms with Gasteiger partial charge in [0, 0.05) is 0 Å². The van der Waals surface area contributed by atoms with Gasteiger partial charge in [0.1, 0.15) is 0 Å². The molecular formula is C12H51NO18Si12. The highest BCUT2D eigenvalue weighted by atomic mass is 28.6. The second-order valence-corrected chi connectivity index (χ2v) is 36.2. The average Bonchev–Trinajstić information content (AvgIpc) is 2.72. The van der Waals surface area contributed by atoms with E-state index in [-0.39, 0.29) is 0 Å². The molecule has 0 bridgehead atoms. The van der Waals surface area contributed by atoms with Crippen LogP contribution in [0.25, 0.3) is 0 Å². The first-order valence-electron chi connectivity index (χ1n) is 13.5. The van der Waals surface area contributed by atoms with Crippen LogP contribution in [0.2, 0.25) is 63.2 Å². The van der Waals surface area contributed by atoms with Gasteiger partial charge in [-0.1, -0.05) is 0 Å². The maximum Gasteiger partial charge on any atom is 0.489 e. The van der Waals surface area contributed by atoms with Gasteiger partial charge in [0.2, 0.25) is 0 Å². The number of hydrogen-bond acceptors (Lipinski definition) is 19. The van der Waals surface area contributed by atoms with E-state index >= 15 is 0 Å². The highest BCUT2D eigenvalue weighted by Crippen LogP contribution is 2.60. The zero-order chi connectivity index (χ0) is 34.0. The molecule has 0 saturated carbocycles. The zero-order valence-electron chi connectivity index (χ0n) is 25.9. The maximum atomic E-state index is 10.8. The predicted molar refractivity (Wildman–Crippen MR) is 180 cm³/mol. The third-order valence-electron chi connectivity index (χ3n) is 5.02. The molecule has 0 aromatic heterocycles. The Bertz CT molecular complexity index is 612. The maximum absolute atomic E-state index is 10.8. The summed E-state index contributed by atoms with van der Waals surface area (Å²) in [5, 5.41) is 0. The molecule has 0 aromatic rings. The molecule has 260 valence electrons. The Hall–Kier alpha value is 1.84. The van der Waals surface area contributed by atoms with Gasteiger partial charge in [0.15, 0.2) is 4.28 Å². The molecule has 0 saturated heterocycles. The molecule has 11 N–H and O–H groups in total. The van der Waals surface area contributed by atoms with Gasteiger partial charge in [-0.15, -0.1) is 0 Å². The Balaban J connectivity index is 9.18. The van der Waals surface area contributed by atoms with Gasteiger partial charge in [-0.2, -0.15) is 0 Å². The SMILES string of the molecule is C[SiH](O)O[Si](O[SiH](C)O)(O[SiH](C)O)C(CCN)([Si](O[SiH](C)O)(O[SiH](C)O)O[SiH](C)O)[Si](O[SiH](C)O)(O[SiH](C)O)O[SiH](C)O. The summed E-state index contributed by atoms with van der Waals surface area (Å²) >= 11 is 0. The van der Waals surface area contributed by atoms with Crippen molar-refractivity contribution in [2.45, 2.75) is 69.6 Å². The second-order valence-electron chi connectivity index (χ2n) is 9.57. The Labute approximate surface area is 271 Å². The van der Waals surface area contributed by atoms with E-state index in [0.29, 0.717) is 0 Å². The highest BCUT2D eigenvalue weighted by Gasteiger charge is 2.89. The summed E-state index contributed by atoms with van der Waals surface area (Å²) in [5.41, 5.74) is 6.19. The van der Waals surface area contributed by atoms with E-state index < -0.39 is 127 Å². The van der Waals surface area contributed by atoms with E-state index in [4.69, 9.17) is 42.8 Å². The summed E-state index contributed by atoms with van der Waals surface area (Å²) in [4.78, 5) is 97.5. The smallest absolute Gasteiger partial charge is 0.413 e. The van der Waals surface area contributed by atoms with Gasteiger partial charge in [-0.25, -0.2) is 0 Å². The lowest BCUT2D eigenvalue weighted by molar-refractivity contribution is 0.117. The molecule has 9 unspecified atom stereocenters. The van der Waals surface area contributed by atoms with Crippen LogP contribution in [-0.2, 0) is 37.0 Å². The normalized spacial score (nSPS) is 24.6. The Morgan fingerprint density at radius 3 is 0.628 bits per heavy atom. The van der Waals surface area contributed by atoms with E-state index in [1.165, 1.54) is 58.9 Å². The van der Waals surface area contributed by atoms with Crippen molar-refractivity contribution in [2.75, 3.05) is 6.54 Å². The molecule has 0 aromatic carbocycles. The van der Waals surface area contributed by atoms with Crippen LogP contribution in [0.4, 0.5) is 0 Å². The number of hydrogen-bond donors (Lipinski definition) is 10. The van der Waals surface area contributed by atoms with Crippen LogP contribution in [0.15, 0.2) is 0 Å². The Morgan fingerprint density at radius 2 is 0.535 bits per heavy atom. The van der Waals surface area contributed by atoms with Crippen molar-refractivity contribution in [3.63, 3.8) is 0 Å². The topological polar surface area (TPSA) is 291 Å². The van der Waals surface area contributed by atoms with Crippen LogP contribution < -0.4 is 5.73 Å². The minimum atomic E-state index is -5.26. The van der Waals surface area contributed by atoms with Crippen LogP contribution >= 0.6 is 0 Å². The van der Waals surface area contributed by atoms with Gasteiger partial charge >= 0.3 is 110 Å². The molecule has 43 heavy (non-hydrogen) atoms. The fourth-order valence-corrected chi connectivity index (χ4v) is 49.7. The first-order chi connectivity index (χ1) is 19.6. The third kappa shape index (κ3) is 12.7. The van der Waals surface area contributed by atoms with E-state index in [1.54, 1.807) is 0 Å². The summed E-state index contributed by atoms with van der Waals surface area (Å²) in [5.74, 6) is 0. The zero-order valence-corrected chi connectivity index (χ0v) is 39.3. The van der Waals surface area contributed by atoms with Crippen LogP contribution in [0.5, 0.6) is 0 Å². The second kappa shape index (κ2) is 19.7. The van der Waals surface area contributed by atoms with Crippen LogP contribution in [-0.4, -0.2) is 160 Å². The lowest BCUT2D eigenvalue weighted by Gasteiger charge is -2.58. The van der Waals surface area contributed by atoms with E-state index in [9.17, 15) is 43.2 Å². The van der Waals surface area contributed by atoms with Crippen molar-refractivity contribution in [3.8, 4) is 0 Å². The van der Waals surface area contributed by atoms with Crippen LogP contribution in [0.3, 0.4) is 0 Å². The third-order valence-corrected chi connectivity index (χ3v) is 37.9. The average molecular weight is 835 g/mol. The predicted octanol–water partition coefficient (Wildman–Crippen LogP) is -7.30. The van der Waals surface area contributed by atoms with Crippen molar-refractivity contribution >= 4 is 110 Å². The molecular weight excluding hydrogens is 783 g/mol. The van der Waals surface area contributed by atoms with Crippen LogP contribution in [0, 0.1) is 0 Å². The molecule has 0 radical (unpaired) electrons. The molecule has 0 aliphatic rings. The minimum Gasteiger partial charge on any atom is -0.413 e. The van der Waals surface area contributed by atoms with Gasteiger partial charge in [-0.05, 0) is 71.9 Å². The highest BCUT2D eigenvalue weighted by molar-refractivity contribution is 7.10. The van der Waals surface area contributed by atoms with E-state index in [1.807, 2.05) is 0 Å². The Kier molecular flexibility index (Phi) is 20.6. The standard InChI is InChI=1S/C12H51NO18Si12/c1-32(14)23-41(24-33(2)15,25-34(3)16)12(10-11-13,42(26-35(4)17,27-36(5)18)28-37(6)19)43(29-38(7)20,30-39(8)21)31-40(9)22/h14-22,32-40H,10-11,13H2,1-9H3. The first-order valence-corrected chi connectivity index (χ1v) is 37.9. The molecule has 0 spiro atoms. The Morgan fingerprint density at radius 1 is 0.395 bits per heavy atom. The molecule has 0 rings (SSSR count). The van der Waals surface area contributed by atoms with E-state index in [0.717, 1.165) is 0 Å².